The van der Waals surface area contributed by atoms with Crippen molar-refractivity contribution in [1.82, 2.24) is 10.6 Å². The smallest absolute Gasteiger partial charge is 0.345 e. The molecule has 2 rings (SSSR count). The van der Waals surface area contributed by atoms with Crippen LogP contribution in [-0.4, -0.2) is 31.6 Å². The molecular weight excluding hydrogens is 336 g/mol. The first-order valence-corrected chi connectivity index (χ1v) is 7.96. The molecule has 0 aliphatic heterocycles. The van der Waals surface area contributed by atoms with Gasteiger partial charge in [-0.15, -0.1) is 0 Å². The Morgan fingerprint density at radius 3 is 2.42 bits per heavy atom. The quantitative estimate of drug-likeness (QED) is 0.773. The van der Waals surface area contributed by atoms with E-state index in [1.807, 2.05) is 13.0 Å². The standard InChI is InChI=1S/C19H20N2O5/c1-13-7-6-10-15(11-13)25-12-16(22)26-17(14-8-4-3-5-9-14)18(23)21-19(24)20-2/h3-11,17H,12H2,1-2H3,(H2,20,21,23,24). The first-order valence-electron chi connectivity index (χ1n) is 7.96. The van der Waals surface area contributed by atoms with E-state index in [0.717, 1.165) is 5.56 Å². The number of imide groups is 1. The number of aryl methyl sites for hydroxylation is 1. The highest BCUT2D eigenvalue weighted by Gasteiger charge is 2.26. The van der Waals surface area contributed by atoms with Crippen LogP contribution in [0.2, 0.25) is 0 Å². The van der Waals surface area contributed by atoms with Crippen molar-refractivity contribution in [2.45, 2.75) is 13.0 Å². The van der Waals surface area contributed by atoms with E-state index < -0.39 is 24.0 Å². The average molecular weight is 356 g/mol. The van der Waals surface area contributed by atoms with E-state index in [0.29, 0.717) is 11.3 Å². The Hall–Kier alpha value is -3.35. The Morgan fingerprint density at radius 1 is 1.04 bits per heavy atom. The molecule has 0 fully saturated rings. The molecule has 2 aromatic carbocycles. The zero-order valence-electron chi connectivity index (χ0n) is 14.5. The molecule has 1 unspecified atom stereocenters. The van der Waals surface area contributed by atoms with E-state index in [1.165, 1.54) is 7.05 Å². The molecule has 1 atom stereocenters. The molecule has 7 heteroatoms. The van der Waals surface area contributed by atoms with E-state index in [2.05, 4.69) is 10.6 Å². The third kappa shape index (κ3) is 5.62. The largest absolute Gasteiger partial charge is 0.482 e. The minimum absolute atomic E-state index is 0.361. The van der Waals surface area contributed by atoms with Crippen LogP contribution in [0.3, 0.4) is 0 Å². The summed E-state index contributed by atoms with van der Waals surface area (Å²) in [6, 6.07) is 14.9. The number of ether oxygens (including phenoxy) is 2. The topological polar surface area (TPSA) is 93.7 Å². The zero-order chi connectivity index (χ0) is 18.9. The Balaban J connectivity index is 2.04. The third-order valence-corrected chi connectivity index (χ3v) is 3.40. The first kappa shape index (κ1) is 19.0. The second kappa shape index (κ2) is 9.22. The van der Waals surface area contributed by atoms with Gasteiger partial charge in [-0.05, 0) is 24.6 Å². The Labute approximate surface area is 151 Å². The van der Waals surface area contributed by atoms with Crippen LogP contribution in [0.1, 0.15) is 17.2 Å². The number of esters is 1. The number of carbonyl (C=O) groups is 3. The van der Waals surface area contributed by atoms with Gasteiger partial charge in [0, 0.05) is 12.6 Å². The molecule has 2 aromatic rings. The summed E-state index contributed by atoms with van der Waals surface area (Å²) in [5, 5.41) is 4.38. The van der Waals surface area contributed by atoms with Gasteiger partial charge < -0.3 is 14.8 Å². The molecule has 26 heavy (non-hydrogen) atoms. The van der Waals surface area contributed by atoms with Crippen molar-refractivity contribution < 1.29 is 23.9 Å². The molecule has 0 bridgehead atoms. The Bertz CT molecular complexity index is 777. The Kier molecular flexibility index (Phi) is 6.73. The summed E-state index contributed by atoms with van der Waals surface area (Å²) in [5.74, 6) is -0.958. The third-order valence-electron chi connectivity index (χ3n) is 3.40. The van der Waals surface area contributed by atoms with Gasteiger partial charge in [-0.3, -0.25) is 10.1 Å². The lowest BCUT2D eigenvalue weighted by Gasteiger charge is -2.17. The van der Waals surface area contributed by atoms with Crippen molar-refractivity contribution in [3.8, 4) is 5.75 Å². The second-order valence-electron chi connectivity index (χ2n) is 5.45. The van der Waals surface area contributed by atoms with Crippen molar-refractivity contribution in [2.24, 2.45) is 0 Å². The van der Waals surface area contributed by atoms with Crippen LogP contribution in [0.25, 0.3) is 0 Å². The molecule has 0 radical (unpaired) electrons. The van der Waals surface area contributed by atoms with E-state index in [9.17, 15) is 14.4 Å². The lowest BCUT2D eigenvalue weighted by Crippen LogP contribution is -2.41. The molecule has 7 nitrogen and oxygen atoms in total. The molecule has 0 saturated heterocycles. The summed E-state index contributed by atoms with van der Waals surface area (Å²) in [5.41, 5.74) is 1.43. The number of rotatable bonds is 6. The van der Waals surface area contributed by atoms with Crippen molar-refractivity contribution in [3.63, 3.8) is 0 Å². The fraction of sp³-hybridized carbons (Fsp3) is 0.211. The number of benzene rings is 2. The summed E-state index contributed by atoms with van der Waals surface area (Å²) in [4.78, 5) is 35.8. The van der Waals surface area contributed by atoms with Gasteiger partial charge in [-0.1, -0.05) is 42.5 Å². The van der Waals surface area contributed by atoms with Crippen LogP contribution in [-0.2, 0) is 14.3 Å². The SMILES string of the molecule is CNC(=O)NC(=O)C(OC(=O)COc1cccc(C)c1)c1ccccc1. The van der Waals surface area contributed by atoms with Crippen molar-refractivity contribution >= 4 is 17.9 Å². The van der Waals surface area contributed by atoms with Crippen LogP contribution >= 0.6 is 0 Å². The number of amides is 3. The molecule has 0 aliphatic rings. The maximum atomic E-state index is 12.3. The molecule has 2 N–H and O–H groups in total. The highest BCUT2D eigenvalue weighted by atomic mass is 16.6. The lowest BCUT2D eigenvalue weighted by molar-refractivity contribution is -0.158. The van der Waals surface area contributed by atoms with Crippen LogP contribution < -0.4 is 15.4 Å². The van der Waals surface area contributed by atoms with Crippen molar-refractivity contribution in [2.75, 3.05) is 13.7 Å². The van der Waals surface area contributed by atoms with Gasteiger partial charge in [0.1, 0.15) is 5.75 Å². The molecular formula is C19H20N2O5. The minimum Gasteiger partial charge on any atom is -0.482 e. The minimum atomic E-state index is -1.26. The first-order chi connectivity index (χ1) is 12.5. The molecule has 0 aliphatic carbocycles. The number of carbonyl (C=O) groups excluding carboxylic acids is 3. The fourth-order valence-corrected chi connectivity index (χ4v) is 2.15. The van der Waals surface area contributed by atoms with Crippen molar-refractivity contribution in [3.05, 3.63) is 65.7 Å². The van der Waals surface area contributed by atoms with Gasteiger partial charge in [0.05, 0.1) is 0 Å². The Morgan fingerprint density at radius 2 is 1.77 bits per heavy atom. The van der Waals surface area contributed by atoms with Gasteiger partial charge in [0.2, 0.25) is 6.10 Å². The average Bonchev–Trinajstić information content (AvgIpc) is 2.65. The summed E-state index contributed by atoms with van der Waals surface area (Å²) in [6.07, 6.45) is -1.26. The highest BCUT2D eigenvalue weighted by Crippen LogP contribution is 2.18. The number of urea groups is 1. The molecule has 136 valence electrons. The predicted molar refractivity (Wildman–Crippen MR) is 94.5 cm³/mol. The number of hydrogen-bond donors (Lipinski definition) is 2. The molecule has 0 aromatic heterocycles. The lowest BCUT2D eigenvalue weighted by atomic mass is 10.1. The molecule has 0 heterocycles. The van der Waals surface area contributed by atoms with E-state index >= 15 is 0 Å². The maximum absolute atomic E-state index is 12.3. The van der Waals surface area contributed by atoms with Crippen LogP contribution in [0.15, 0.2) is 54.6 Å². The second-order valence-corrected chi connectivity index (χ2v) is 5.45. The maximum Gasteiger partial charge on any atom is 0.345 e. The van der Waals surface area contributed by atoms with E-state index in [4.69, 9.17) is 9.47 Å². The molecule has 3 amide bonds. The van der Waals surface area contributed by atoms with Gasteiger partial charge in [0.15, 0.2) is 6.61 Å². The predicted octanol–water partition coefficient (Wildman–Crippen LogP) is 2.11. The fourth-order valence-electron chi connectivity index (χ4n) is 2.15. The number of hydrogen-bond acceptors (Lipinski definition) is 5. The summed E-state index contributed by atoms with van der Waals surface area (Å²) in [7, 11) is 1.38. The summed E-state index contributed by atoms with van der Waals surface area (Å²) in [6.45, 7) is 1.54. The molecule has 0 saturated carbocycles. The summed E-state index contributed by atoms with van der Waals surface area (Å²) < 4.78 is 10.6. The van der Waals surface area contributed by atoms with Crippen molar-refractivity contribution in [1.29, 1.82) is 0 Å². The summed E-state index contributed by atoms with van der Waals surface area (Å²) >= 11 is 0. The number of nitrogens with one attached hydrogen (secondary N) is 2. The van der Waals surface area contributed by atoms with Gasteiger partial charge >= 0.3 is 12.0 Å². The zero-order valence-corrected chi connectivity index (χ0v) is 14.5. The van der Waals surface area contributed by atoms with E-state index in [-0.39, 0.29) is 6.61 Å². The monoisotopic (exact) mass is 356 g/mol. The van der Waals surface area contributed by atoms with E-state index in [1.54, 1.807) is 48.5 Å². The van der Waals surface area contributed by atoms with Crippen LogP contribution in [0.5, 0.6) is 5.75 Å². The normalized spacial score (nSPS) is 11.2. The van der Waals surface area contributed by atoms with Gasteiger partial charge in [-0.25, -0.2) is 9.59 Å². The van der Waals surface area contributed by atoms with Gasteiger partial charge in [0.25, 0.3) is 5.91 Å². The highest BCUT2D eigenvalue weighted by molar-refractivity contribution is 5.97. The van der Waals surface area contributed by atoms with Crippen LogP contribution in [0.4, 0.5) is 4.79 Å². The van der Waals surface area contributed by atoms with Gasteiger partial charge in [-0.2, -0.15) is 0 Å². The molecule has 0 spiro atoms. The van der Waals surface area contributed by atoms with Crippen LogP contribution in [0, 0.1) is 6.92 Å².